The van der Waals surface area contributed by atoms with Gasteiger partial charge in [-0.25, -0.2) is 4.79 Å². The van der Waals surface area contributed by atoms with Crippen molar-refractivity contribution in [2.45, 2.75) is 23.8 Å². The minimum atomic E-state index is -0.892. The highest BCUT2D eigenvalue weighted by molar-refractivity contribution is 14.1. The molecule has 0 aromatic heterocycles. The first-order valence-electron chi connectivity index (χ1n) is 7.23. The molecule has 1 heterocycles. The number of thioether (sulfide) groups is 1. The molecule has 9 heteroatoms. The molecule has 0 unspecified atom stereocenters. The van der Waals surface area contributed by atoms with Gasteiger partial charge in [0.25, 0.3) is 5.69 Å². The lowest BCUT2D eigenvalue weighted by atomic mass is 10.0. The van der Waals surface area contributed by atoms with E-state index in [1.807, 2.05) is 0 Å². The molecule has 23 heavy (non-hydrogen) atoms. The molecule has 1 saturated heterocycles. The number of benzene rings is 1. The zero-order valence-corrected chi connectivity index (χ0v) is 15.4. The third-order valence-electron chi connectivity index (χ3n) is 3.63. The minimum Gasteiger partial charge on any atom is -0.465 e. The Kier molecular flexibility index (Phi) is 6.75. The summed E-state index contributed by atoms with van der Waals surface area (Å²) in [6, 6.07) is 5.00. The monoisotopic (exact) mass is 451 g/mol. The molecule has 1 aromatic carbocycles. The summed E-state index contributed by atoms with van der Waals surface area (Å²) in [6.45, 7) is 0.969. The molecule has 126 valence electrons. The third kappa shape index (κ3) is 5.13. The summed E-state index contributed by atoms with van der Waals surface area (Å²) < 4.78 is 0.996. The highest BCUT2D eigenvalue weighted by Gasteiger charge is 2.23. The van der Waals surface area contributed by atoms with E-state index in [0.717, 1.165) is 20.8 Å². The maximum absolute atomic E-state index is 11.0. The van der Waals surface area contributed by atoms with Crippen molar-refractivity contribution in [3.8, 4) is 0 Å². The average Bonchev–Trinajstić information content (AvgIpc) is 2.54. The summed E-state index contributed by atoms with van der Waals surface area (Å²) in [7, 11) is 0. The summed E-state index contributed by atoms with van der Waals surface area (Å²) in [5.74, 6) is 0.935. The van der Waals surface area contributed by atoms with Gasteiger partial charge >= 0.3 is 6.09 Å². The Labute approximate surface area is 152 Å². The van der Waals surface area contributed by atoms with E-state index in [0.29, 0.717) is 25.9 Å². The van der Waals surface area contributed by atoms with Crippen LogP contribution in [0.3, 0.4) is 0 Å². The van der Waals surface area contributed by atoms with Crippen molar-refractivity contribution < 1.29 is 14.8 Å². The summed E-state index contributed by atoms with van der Waals surface area (Å²) in [6.07, 6.45) is 0.508. The number of carboxylic acid groups (broad SMARTS) is 1. The Bertz CT molecular complexity index is 579. The first kappa shape index (κ1) is 18.1. The van der Waals surface area contributed by atoms with Crippen LogP contribution in [0.5, 0.6) is 0 Å². The Morgan fingerprint density at radius 3 is 2.74 bits per heavy atom. The summed E-state index contributed by atoms with van der Waals surface area (Å²) in [5, 5.41) is 23.3. The van der Waals surface area contributed by atoms with Crippen LogP contribution in [0.15, 0.2) is 23.1 Å². The Morgan fingerprint density at radius 1 is 1.48 bits per heavy atom. The molecule has 1 aliphatic heterocycles. The number of anilines is 1. The van der Waals surface area contributed by atoms with Gasteiger partial charge in [0.1, 0.15) is 0 Å². The SMILES string of the molecule is O=C(O)N1CCC(Nc2cc([N+](=O)[O-])ccc2SCCI)CC1. The topological polar surface area (TPSA) is 95.7 Å². The standard InChI is InChI=1S/C14H18IN3O4S/c15-5-8-23-13-2-1-11(18(21)22)9-12(13)16-10-3-6-17(7-4-10)14(19)20/h1-2,9-10,16H,3-8H2,(H,19,20). The largest absolute Gasteiger partial charge is 0.465 e. The van der Waals surface area contributed by atoms with Gasteiger partial charge in [0.15, 0.2) is 0 Å². The van der Waals surface area contributed by atoms with Crippen molar-refractivity contribution in [1.82, 2.24) is 4.90 Å². The summed E-state index contributed by atoms with van der Waals surface area (Å²) in [4.78, 5) is 23.9. The predicted octanol–water partition coefficient (Wildman–Crippen LogP) is 3.68. The second-order valence-electron chi connectivity index (χ2n) is 5.16. The number of nitrogens with zero attached hydrogens (tertiary/aromatic N) is 2. The molecular formula is C14H18IN3O4S. The smallest absolute Gasteiger partial charge is 0.407 e. The van der Waals surface area contributed by atoms with Gasteiger partial charge in [0.2, 0.25) is 0 Å². The van der Waals surface area contributed by atoms with Crippen LogP contribution >= 0.6 is 34.4 Å². The van der Waals surface area contributed by atoms with E-state index in [1.165, 1.54) is 11.0 Å². The first-order chi connectivity index (χ1) is 11.0. The quantitative estimate of drug-likeness (QED) is 0.225. The van der Waals surface area contributed by atoms with Crippen molar-refractivity contribution >= 4 is 51.8 Å². The van der Waals surface area contributed by atoms with Gasteiger partial charge in [0.05, 0.1) is 10.6 Å². The van der Waals surface area contributed by atoms with Crippen molar-refractivity contribution in [3.63, 3.8) is 0 Å². The molecule has 0 atom stereocenters. The van der Waals surface area contributed by atoms with Crippen LogP contribution in [0.1, 0.15) is 12.8 Å². The predicted molar refractivity (Wildman–Crippen MR) is 98.9 cm³/mol. The maximum atomic E-state index is 11.0. The molecule has 0 saturated carbocycles. The molecule has 0 bridgehead atoms. The van der Waals surface area contributed by atoms with Crippen molar-refractivity contribution in [2.75, 3.05) is 28.6 Å². The number of likely N-dealkylation sites (tertiary alicyclic amines) is 1. The van der Waals surface area contributed by atoms with E-state index in [9.17, 15) is 14.9 Å². The number of carbonyl (C=O) groups is 1. The number of hydrogen-bond donors (Lipinski definition) is 2. The third-order valence-corrected chi connectivity index (χ3v) is 5.98. The number of amides is 1. The number of nitro benzene ring substituents is 1. The number of nitrogens with one attached hydrogen (secondary N) is 1. The van der Waals surface area contributed by atoms with Crippen LogP contribution < -0.4 is 5.32 Å². The fourth-order valence-electron chi connectivity index (χ4n) is 2.45. The first-order valence-corrected chi connectivity index (χ1v) is 9.74. The van der Waals surface area contributed by atoms with Crippen molar-refractivity contribution in [2.24, 2.45) is 0 Å². The molecule has 1 amide bonds. The lowest BCUT2D eigenvalue weighted by molar-refractivity contribution is -0.384. The maximum Gasteiger partial charge on any atom is 0.407 e. The second kappa shape index (κ2) is 8.57. The average molecular weight is 451 g/mol. The lowest BCUT2D eigenvalue weighted by Crippen LogP contribution is -2.41. The molecular weight excluding hydrogens is 433 g/mol. The van der Waals surface area contributed by atoms with Crippen LogP contribution in [0.25, 0.3) is 0 Å². The molecule has 2 rings (SSSR count). The van der Waals surface area contributed by atoms with Crippen LogP contribution in [-0.4, -0.2) is 50.3 Å². The van der Waals surface area contributed by atoms with E-state index >= 15 is 0 Å². The molecule has 7 nitrogen and oxygen atoms in total. The Morgan fingerprint density at radius 2 is 2.17 bits per heavy atom. The van der Waals surface area contributed by atoms with Gasteiger partial charge in [-0.1, -0.05) is 22.6 Å². The van der Waals surface area contributed by atoms with Crippen molar-refractivity contribution in [1.29, 1.82) is 0 Å². The summed E-state index contributed by atoms with van der Waals surface area (Å²) in [5.41, 5.74) is 0.831. The Hall–Kier alpha value is -1.23. The normalized spacial score (nSPS) is 15.4. The number of alkyl halides is 1. The number of nitro groups is 1. The highest BCUT2D eigenvalue weighted by Crippen LogP contribution is 2.32. The van der Waals surface area contributed by atoms with Gasteiger partial charge in [-0.3, -0.25) is 10.1 Å². The van der Waals surface area contributed by atoms with E-state index in [2.05, 4.69) is 27.9 Å². The fourth-order valence-corrected chi connectivity index (χ4v) is 3.85. The van der Waals surface area contributed by atoms with Gasteiger partial charge in [-0.15, -0.1) is 11.8 Å². The second-order valence-corrected chi connectivity index (χ2v) is 7.38. The number of rotatable bonds is 6. The number of hydrogen-bond acceptors (Lipinski definition) is 5. The van der Waals surface area contributed by atoms with E-state index < -0.39 is 11.0 Å². The molecule has 0 radical (unpaired) electrons. The molecule has 2 N–H and O–H groups in total. The zero-order valence-electron chi connectivity index (χ0n) is 12.4. The van der Waals surface area contributed by atoms with Gasteiger partial charge in [-0.05, 0) is 18.9 Å². The van der Waals surface area contributed by atoms with Crippen LogP contribution in [-0.2, 0) is 0 Å². The van der Waals surface area contributed by atoms with Crippen LogP contribution in [0.2, 0.25) is 0 Å². The highest BCUT2D eigenvalue weighted by atomic mass is 127. The van der Waals surface area contributed by atoms with E-state index in [4.69, 9.17) is 5.11 Å². The minimum absolute atomic E-state index is 0.0642. The van der Waals surface area contributed by atoms with Gasteiger partial charge in [-0.2, -0.15) is 0 Å². The molecule has 1 aromatic rings. The van der Waals surface area contributed by atoms with Crippen LogP contribution in [0.4, 0.5) is 16.2 Å². The summed E-state index contributed by atoms with van der Waals surface area (Å²) >= 11 is 3.96. The molecule has 0 aliphatic carbocycles. The molecule has 1 fully saturated rings. The van der Waals surface area contributed by atoms with Gasteiger partial charge < -0.3 is 15.3 Å². The number of halogens is 1. The lowest BCUT2D eigenvalue weighted by Gasteiger charge is -2.31. The van der Waals surface area contributed by atoms with Gasteiger partial charge in [0, 0.05) is 46.3 Å². The van der Waals surface area contributed by atoms with Crippen molar-refractivity contribution in [3.05, 3.63) is 28.3 Å². The number of non-ortho nitro benzene ring substituents is 1. The number of piperidine rings is 1. The van der Waals surface area contributed by atoms with Crippen LogP contribution in [0, 0.1) is 10.1 Å². The van der Waals surface area contributed by atoms with E-state index in [-0.39, 0.29) is 11.7 Å². The van der Waals surface area contributed by atoms with E-state index in [1.54, 1.807) is 23.9 Å². The zero-order chi connectivity index (χ0) is 16.8. The Balaban J connectivity index is 2.08. The molecule has 1 aliphatic rings. The fraction of sp³-hybridized carbons (Fsp3) is 0.500. The molecule has 0 spiro atoms.